The minimum absolute atomic E-state index is 0.867. The number of anilines is 1. The van der Waals surface area contributed by atoms with Crippen molar-refractivity contribution in [2.45, 2.75) is 6.42 Å². The van der Waals surface area contributed by atoms with Crippen molar-refractivity contribution in [3.05, 3.63) is 42.2 Å². The molecule has 0 unspecified atom stereocenters. The summed E-state index contributed by atoms with van der Waals surface area (Å²) in [7, 11) is 1.69. The normalized spacial score (nSPS) is 13.0. The topological polar surface area (TPSA) is 34.1 Å². The molecule has 1 aromatic heterocycles. The zero-order valence-corrected chi connectivity index (χ0v) is 9.73. The molecule has 3 rings (SSSR count). The van der Waals surface area contributed by atoms with E-state index in [4.69, 9.17) is 4.74 Å². The maximum atomic E-state index is 5.36. The number of pyridine rings is 1. The van der Waals surface area contributed by atoms with E-state index in [2.05, 4.69) is 28.5 Å². The van der Waals surface area contributed by atoms with E-state index in [-0.39, 0.29) is 0 Å². The van der Waals surface area contributed by atoms with Gasteiger partial charge in [-0.1, -0.05) is 6.07 Å². The average molecular weight is 226 g/mol. The van der Waals surface area contributed by atoms with Crippen LogP contribution in [0.4, 0.5) is 5.69 Å². The number of hydrogen-bond acceptors (Lipinski definition) is 3. The fourth-order valence-corrected chi connectivity index (χ4v) is 2.25. The highest BCUT2D eigenvalue weighted by Gasteiger charge is 2.12. The first-order valence-corrected chi connectivity index (χ1v) is 5.73. The smallest absolute Gasteiger partial charge is 0.129 e. The largest absolute Gasteiger partial charge is 0.496 e. The van der Waals surface area contributed by atoms with Gasteiger partial charge in [0.2, 0.25) is 0 Å². The van der Waals surface area contributed by atoms with Crippen LogP contribution in [0, 0.1) is 0 Å². The van der Waals surface area contributed by atoms with E-state index in [1.165, 1.54) is 11.3 Å². The third kappa shape index (κ3) is 1.73. The number of nitrogens with one attached hydrogen (secondary N) is 1. The molecule has 1 aliphatic rings. The van der Waals surface area contributed by atoms with Crippen LogP contribution < -0.4 is 10.1 Å². The highest BCUT2D eigenvalue weighted by Crippen LogP contribution is 2.32. The van der Waals surface area contributed by atoms with Crippen molar-refractivity contribution >= 4 is 5.69 Å². The molecule has 2 heterocycles. The lowest BCUT2D eigenvalue weighted by molar-refractivity contribution is 0.416. The number of benzene rings is 1. The highest BCUT2D eigenvalue weighted by molar-refractivity contribution is 5.73. The number of aromatic nitrogens is 1. The molecule has 0 spiro atoms. The molecule has 0 saturated carbocycles. The first-order chi connectivity index (χ1) is 8.38. The number of ether oxygens (including phenoxy) is 1. The molecule has 0 fully saturated rings. The molecule has 0 bridgehead atoms. The van der Waals surface area contributed by atoms with Crippen LogP contribution in [0.2, 0.25) is 0 Å². The molecule has 2 aromatic rings. The van der Waals surface area contributed by atoms with E-state index in [1.54, 1.807) is 13.3 Å². The van der Waals surface area contributed by atoms with Crippen molar-refractivity contribution in [1.29, 1.82) is 0 Å². The lowest BCUT2D eigenvalue weighted by atomic mass is 10.0. The van der Waals surface area contributed by atoms with E-state index >= 15 is 0 Å². The molecule has 1 aromatic carbocycles. The van der Waals surface area contributed by atoms with E-state index in [9.17, 15) is 0 Å². The van der Waals surface area contributed by atoms with Crippen molar-refractivity contribution in [2.75, 3.05) is 19.0 Å². The Balaban J connectivity index is 2.09. The summed E-state index contributed by atoms with van der Waals surface area (Å²) in [5.74, 6) is 0.867. The van der Waals surface area contributed by atoms with Crippen LogP contribution in [-0.4, -0.2) is 18.6 Å². The second-order valence-corrected chi connectivity index (χ2v) is 4.12. The van der Waals surface area contributed by atoms with Crippen LogP contribution in [0.5, 0.6) is 5.75 Å². The Morgan fingerprint density at radius 1 is 1.29 bits per heavy atom. The third-order valence-corrected chi connectivity index (χ3v) is 3.13. The van der Waals surface area contributed by atoms with Gasteiger partial charge in [-0.05, 0) is 35.7 Å². The number of rotatable bonds is 2. The van der Waals surface area contributed by atoms with Crippen LogP contribution in [0.3, 0.4) is 0 Å². The predicted molar refractivity (Wildman–Crippen MR) is 68.4 cm³/mol. The Labute approximate surface area is 100 Å². The maximum Gasteiger partial charge on any atom is 0.129 e. The van der Waals surface area contributed by atoms with Gasteiger partial charge in [-0.2, -0.15) is 0 Å². The molecule has 1 aliphatic heterocycles. The summed E-state index contributed by atoms with van der Waals surface area (Å²) in [6.07, 6.45) is 4.69. The molecule has 0 radical (unpaired) electrons. The minimum Gasteiger partial charge on any atom is -0.496 e. The monoisotopic (exact) mass is 226 g/mol. The maximum absolute atomic E-state index is 5.36. The number of fused-ring (bicyclic) bond motifs is 1. The summed E-state index contributed by atoms with van der Waals surface area (Å²) in [6.45, 7) is 1.03. The molecular weight excluding hydrogens is 212 g/mol. The predicted octanol–water partition coefficient (Wildman–Crippen LogP) is 2.73. The second kappa shape index (κ2) is 4.09. The van der Waals surface area contributed by atoms with Crippen LogP contribution in [0.25, 0.3) is 11.1 Å². The summed E-state index contributed by atoms with van der Waals surface area (Å²) < 4.78 is 5.36. The second-order valence-electron chi connectivity index (χ2n) is 4.12. The van der Waals surface area contributed by atoms with Crippen LogP contribution >= 0.6 is 0 Å². The van der Waals surface area contributed by atoms with Gasteiger partial charge in [0.05, 0.1) is 7.11 Å². The van der Waals surface area contributed by atoms with Crippen molar-refractivity contribution in [2.24, 2.45) is 0 Å². The number of methoxy groups -OCH3 is 1. The van der Waals surface area contributed by atoms with Gasteiger partial charge in [0, 0.05) is 30.2 Å². The number of nitrogens with zero attached hydrogens (tertiary/aromatic N) is 1. The lowest BCUT2D eigenvalue weighted by Gasteiger charge is -2.09. The SMILES string of the molecule is COc1ccncc1-c1ccc2c(c1)CCN2. The summed E-state index contributed by atoms with van der Waals surface area (Å²) in [5, 5.41) is 3.36. The Hall–Kier alpha value is -2.03. The minimum atomic E-state index is 0.867. The van der Waals surface area contributed by atoms with E-state index in [0.717, 1.165) is 29.8 Å². The molecule has 86 valence electrons. The lowest BCUT2D eigenvalue weighted by Crippen LogP contribution is -1.90. The van der Waals surface area contributed by atoms with Gasteiger partial charge in [0.25, 0.3) is 0 Å². The molecule has 1 N–H and O–H groups in total. The summed E-state index contributed by atoms with van der Waals surface area (Å²) in [4.78, 5) is 4.17. The van der Waals surface area contributed by atoms with Gasteiger partial charge in [0.1, 0.15) is 5.75 Å². The van der Waals surface area contributed by atoms with E-state index in [0.29, 0.717) is 0 Å². The van der Waals surface area contributed by atoms with Gasteiger partial charge in [-0.3, -0.25) is 4.98 Å². The van der Waals surface area contributed by atoms with Crippen molar-refractivity contribution in [3.8, 4) is 16.9 Å². The first kappa shape index (κ1) is 10.1. The molecule has 0 amide bonds. The van der Waals surface area contributed by atoms with Gasteiger partial charge >= 0.3 is 0 Å². The first-order valence-electron chi connectivity index (χ1n) is 5.73. The molecule has 17 heavy (non-hydrogen) atoms. The molecular formula is C14H14N2O. The van der Waals surface area contributed by atoms with E-state index < -0.39 is 0 Å². The highest BCUT2D eigenvalue weighted by atomic mass is 16.5. The summed E-state index contributed by atoms with van der Waals surface area (Å²) in [5.41, 5.74) is 4.83. The Kier molecular flexibility index (Phi) is 2.44. The quantitative estimate of drug-likeness (QED) is 0.855. The fourth-order valence-electron chi connectivity index (χ4n) is 2.25. The standard InChI is InChI=1S/C14H14N2O/c1-17-14-5-6-15-9-12(14)10-2-3-13-11(8-10)4-7-16-13/h2-3,5-6,8-9,16H,4,7H2,1H3. The number of hydrogen-bond donors (Lipinski definition) is 1. The fraction of sp³-hybridized carbons (Fsp3) is 0.214. The third-order valence-electron chi connectivity index (χ3n) is 3.13. The molecule has 3 nitrogen and oxygen atoms in total. The zero-order chi connectivity index (χ0) is 11.7. The molecule has 0 saturated heterocycles. The van der Waals surface area contributed by atoms with Crippen LogP contribution in [-0.2, 0) is 6.42 Å². The van der Waals surface area contributed by atoms with Crippen molar-refractivity contribution in [3.63, 3.8) is 0 Å². The molecule has 0 aliphatic carbocycles. The van der Waals surface area contributed by atoms with E-state index in [1.807, 2.05) is 12.3 Å². The molecule has 0 atom stereocenters. The average Bonchev–Trinajstić information content (AvgIpc) is 2.85. The Morgan fingerprint density at radius 2 is 2.24 bits per heavy atom. The Bertz CT molecular complexity index is 552. The summed E-state index contributed by atoms with van der Waals surface area (Å²) >= 11 is 0. The van der Waals surface area contributed by atoms with Crippen LogP contribution in [0.15, 0.2) is 36.7 Å². The van der Waals surface area contributed by atoms with Gasteiger partial charge in [0.15, 0.2) is 0 Å². The molecule has 3 heteroatoms. The van der Waals surface area contributed by atoms with Crippen molar-refractivity contribution in [1.82, 2.24) is 4.98 Å². The Morgan fingerprint density at radius 3 is 3.12 bits per heavy atom. The van der Waals surface area contributed by atoms with Gasteiger partial charge in [-0.15, -0.1) is 0 Å². The van der Waals surface area contributed by atoms with Crippen LogP contribution in [0.1, 0.15) is 5.56 Å². The summed E-state index contributed by atoms with van der Waals surface area (Å²) in [6, 6.07) is 8.34. The zero-order valence-electron chi connectivity index (χ0n) is 9.73. The van der Waals surface area contributed by atoms with Gasteiger partial charge in [-0.25, -0.2) is 0 Å². The van der Waals surface area contributed by atoms with Gasteiger partial charge < -0.3 is 10.1 Å². The van der Waals surface area contributed by atoms with Crippen molar-refractivity contribution < 1.29 is 4.74 Å².